The van der Waals surface area contributed by atoms with E-state index in [1.165, 1.54) is 24.3 Å². The van der Waals surface area contributed by atoms with E-state index in [2.05, 4.69) is 19.9 Å². The molecule has 17 heteroatoms. The second-order valence-electron chi connectivity index (χ2n) is 16.4. The molecule has 2 aliphatic heterocycles. The highest BCUT2D eigenvalue weighted by atomic mass is 19.4. The molecule has 0 spiro atoms. The monoisotopic (exact) mass is 878 g/mol. The number of imidazole rings is 2. The summed E-state index contributed by atoms with van der Waals surface area (Å²) in [7, 11) is 0. The normalized spacial score (nSPS) is 20.4. The SMILES string of the molecule is FC(F)(F)C1CCCCC1.Fc1cccc(-c2cn(C3CCNCC3)cn2)c1.O=C(CC1CCC(C(F)(F)F)CC1)N1CCC(n2cnc(-c3cccc(F)c3)c2)CC1.O=C=O. The Morgan fingerprint density at radius 2 is 1.10 bits per heavy atom. The fourth-order valence-corrected chi connectivity index (χ4v) is 8.68. The topological polar surface area (TPSA) is 102 Å². The van der Waals surface area contributed by atoms with Crippen LogP contribution in [0.2, 0.25) is 0 Å². The fourth-order valence-electron chi connectivity index (χ4n) is 8.68. The van der Waals surface area contributed by atoms with Gasteiger partial charge in [-0.1, -0.05) is 43.5 Å². The molecule has 4 aliphatic rings. The molecule has 2 aliphatic carbocycles. The van der Waals surface area contributed by atoms with Crippen LogP contribution in [0.4, 0.5) is 35.1 Å². The molecule has 8 rings (SSSR count). The number of alkyl halides is 6. The zero-order valence-electron chi connectivity index (χ0n) is 34.5. The van der Waals surface area contributed by atoms with Crippen LogP contribution in [-0.4, -0.2) is 74.6 Å². The molecule has 1 amide bonds. The standard InChI is InChI=1S/C23H27F4N3O.C14H16FN3.C7H11F3.CO2/c24-19-3-1-2-17(13-19)21-14-30(15-28-21)20-8-10-29(11-9-20)22(31)12-16-4-6-18(7-5-16)23(25,26)27;15-12-3-1-2-11(8-12)14-9-18(10-17-14)13-4-6-16-7-5-13;8-7(9,10)6-4-2-1-3-5-6;2-1-3/h1-3,13-16,18,20H,4-12H2;1-3,8-10,13,16H,4-7H2;6H,1-5H2;. The molecule has 0 bridgehead atoms. The van der Waals surface area contributed by atoms with Crippen molar-refractivity contribution in [3.05, 3.63) is 85.2 Å². The molecule has 2 saturated heterocycles. The van der Waals surface area contributed by atoms with Gasteiger partial charge in [0.25, 0.3) is 0 Å². The van der Waals surface area contributed by atoms with Crippen molar-refractivity contribution in [3.8, 4) is 22.5 Å². The molecule has 1 N–H and O–H groups in total. The Labute approximate surface area is 356 Å². The summed E-state index contributed by atoms with van der Waals surface area (Å²) in [5.74, 6) is -2.61. The minimum Gasteiger partial charge on any atom is -0.343 e. The average molecular weight is 879 g/mol. The number of amides is 1. The van der Waals surface area contributed by atoms with Gasteiger partial charge >= 0.3 is 18.5 Å². The van der Waals surface area contributed by atoms with Gasteiger partial charge < -0.3 is 19.4 Å². The first-order valence-corrected chi connectivity index (χ1v) is 21.3. The lowest BCUT2D eigenvalue weighted by Crippen LogP contribution is -2.40. The van der Waals surface area contributed by atoms with Crippen LogP contribution in [0.25, 0.3) is 22.5 Å². The summed E-state index contributed by atoms with van der Waals surface area (Å²) in [6.07, 6.45) is 8.36. The third kappa shape index (κ3) is 14.6. The summed E-state index contributed by atoms with van der Waals surface area (Å²) in [6.45, 7) is 3.38. The van der Waals surface area contributed by atoms with Crippen molar-refractivity contribution < 1.29 is 49.5 Å². The summed E-state index contributed by atoms with van der Waals surface area (Å²) < 4.78 is 105. The molecule has 0 unspecified atom stereocenters. The van der Waals surface area contributed by atoms with Crippen LogP contribution in [0.3, 0.4) is 0 Å². The Kier molecular flexibility index (Phi) is 17.8. The minimum atomic E-state index is -4.11. The highest BCUT2D eigenvalue weighted by Crippen LogP contribution is 2.41. The summed E-state index contributed by atoms with van der Waals surface area (Å²) in [5, 5.41) is 3.35. The van der Waals surface area contributed by atoms with Crippen molar-refractivity contribution in [3.63, 3.8) is 0 Å². The molecule has 9 nitrogen and oxygen atoms in total. The van der Waals surface area contributed by atoms with E-state index in [0.29, 0.717) is 56.9 Å². The lowest BCUT2D eigenvalue weighted by atomic mass is 9.80. The van der Waals surface area contributed by atoms with Crippen LogP contribution in [0, 0.1) is 29.4 Å². The van der Waals surface area contributed by atoms with Gasteiger partial charge in [-0.05, 0) is 107 Å². The molecule has 2 aromatic carbocycles. The molecule has 4 aromatic rings. The van der Waals surface area contributed by atoms with E-state index in [0.717, 1.165) is 74.9 Å². The molecule has 4 fully saturated rings. The number of benzene rings is 2. The maximum atomic E-state index is 13.5. The van der Waals surface area contributed by atoms with Crippen LogP contribution in [0.5, 0.6) is 0 Å². The number of carbonyl (C=O) groups excluding carboxylic acids is 3. The number of rotatable bonds is 6. The summed E-state index contributed by atoms with van der Waals surface area (Å²) in [4.78, 5) is 39.5. The second-order valence-corrected chi connectivity index (χ2v) is 16.4. The van der Waals surface area contributed by atoms with Crippen LogP contribution >= 0.6 is 0 Å². The van der Waals surface area contributed by atoms with E-state index in [4.69, 9.17) is 9.59 Å². The molecule has 2 aromatic heterocycles. The Morgan fingerprint density at radius 1 is 0.645 bits per heavy atom. The van der Waals surface area contributed by atoms with Crippen LogP contribution in [0.1, 0.15) is 102 Å². The number of carbonyl (C=O) groups is 1. The molecule has 2 saturated carbocycles. The lowest BCUT2D eigenvalue weighted by molar-refractivity contribution is -0.192. The number of hydrogen-bond donors (Lipinski definition) is 1. The third-order valence-electron chi connectivity index (χ3n) is 12.3. The van der Waals surface area contributed by atoms with Gasteiger partial charge in [-0.15, -0.1) is 0 Å². The number of nitrogens with zero attached hydrogens (tertiary/aromatic N) is 5. The lowest BCUT2D eigenvalue weighted by Gasteiger charge is -2.35. The summed E-state index contributed by atoms with van der Waals surface area (Å²) >= 11 is 0. The number of likely N-dealkylation sites (tertiary alicyclic amines) is 1. The Balaban J connectivity index is 0.000000196. The summed E-state index contributed by atoms with van der Waals surface area (Å²) in [5.41, 5.74) is 3.12. The van der Waals surface area contributed by atoms with Crippen LogP contribution < -0.4 is 5.32 Å². The first-order chi connectivity index (χ1) is 29.6. The van der Waals surface area contributed by atoms with Gasteiger partial charge in [0, 0.05) is 55.1 Å². The zero-order chi connectivity index (χ0) is 44.7. The minimum absolute atomic E-state index is 0.0555. The molecular weight excluding hydrogens is 825 g/mol. The molecule has 338 valence electrons. The Morgan fingerprint density at radius 3 is 1.53 bits per heavy atom. The number of halogens is 8. The molecule has 4 heterocycles. The van der Waals surface area contributed by atoms with Gasteiger partial charge in [0.1, 0.15) is 11.6 Å². The largest absolute Gasteiger partial charge is 0.391 e. The van der Waals surface area contributed by atoms with Crippen molar-refractivity contribution >= 4 is 12.1 Å². The van der Waals surface area contributed by atoms with Crippen molar-refractivity contribution in [2.75, 3.05) is 26.2 Å². The van der Waals surface area contributed by atoms with Gasteiger partial charge in [-0.3, -0.25) is 4.79 Å². The first-order valence-electron chi connectivity index (χ1n) is 21.3. The maximum absolute atomic E-state index is 13.5. The Bertz CT molecular complexity index is 2000. The predicted octanol–water partition coefficient (Wildman–Crippen LogP) is 10.8. The van der Waals surface area contributed by atoms with Gasteiger partial charge in [0.2, 0.25) is 5.91 Å². The van der Waals surface area contributed by atoms with Crippen molar-refractivity contribution in [1.29, 1.82) is 0 Å². The summed E-state index contributed by atoms with van der Waals surface area (Å²) in [6, 6.07) is 13.6. The van der Waals surface area contributed by atoms with Gasteiger partial charge in [0.05, 0.1) is 35.9 Å². The van der Waals surface area contributed by atoms with Crippen molar-refractivity contribution in [2.45, 2.75) is 114 Å². The van der Waals surface area contributed by atoms with Crippen molar-refractivity contribution in [1.82, 2.24) is 29.3 Å². The second kappa shape index (κ2) is 23.0. The number of nitrogens with one attached hydrogen (secondary N) is 1. The highest BCUT2D eigenvalue weighted by Gasteiger charge is 2.42. The number of hydrogen-bond acceptors (Lipinski definition) is 6. The molecule has 0 atom stereocenters. The predicted molar refractivity (Wildman–Crippen MR) is 215 cm³/mol. The van der Waals surface area contributed by atoms with E-state index in [-0.39, 0.29) is 48.5 Å². The van der Waals surface area contributed by atoms with Gasteiger partial charge in [-0.25, -0.2) is 18.7 Å². The van der Waals surface area contributed by atoms with Crippen LogP contribution in [0.15, 0.2) is 73.6 Å². The van der Waals surface area contributed by atoms with E-state index >= 15 is 0 Å². The average Bonchev–Trinajstić information content (AvgIpc) is 3.97. The smallest absolute Gasteiger partial charge is 0.343 e. The van der Waals surface area contributed by atoms with Crippen LogP contribution in [-0.2, 0) is 14.4 Å². The third-order valence-corrected chi connectivity index (χ3v) is 12.3. The molecule has 0 radical (unpaired) electrons. The van der Waals surface area contributed by atoms with E-state index in [1.807, 2.05) is 40.3 Å². The zero-order valence-corrected chi connectivity index (χ0v) is 34.5. The number of aromatic nitrogens is 4. The molecule has 62 heavy (non-hydrogen) atoms. The van der Waals surface area contributed by atoms with E-state index in [9.17, 15) is 39.9 Å². The quantitative estimate of drug-likeness (QED) is 0.194. The fraction of sp³-hybridized carbons (Fsp3) is 0.556. The van der Waals surface area contributed by atoms with E-state index in [1.54, 1.807) is 18.5 Å². The maximum Gasteiger partial charge on any atom is 0.391 e. The number of piperidine rings is 2. The van der Waals surface area contributed by atoms with Crippen molar-refractivity contribution in [2.24, 2.45) is 17.8 Å². The Hall–Kier alpha value is -4.89. The first kappa shape index (κ1) is 48.1. The molecular formula is C45H54F8N6O3. The van der Waals surface area contributed by atoms with E-state index < -0.39 is 24.2 Å². The highest BCUT2D eigenvalue weighted by molar-refractivity contribution is 5.76. The van der Waals surface area contributed by atoms with Gasteiger partial charge in [-0.2, -0.15) is 35.9 Å². The van der Waals surface area contributed by atoms with Gasteiger partial charge in [0.15, 0.2) is 0 Å².